The predicted molar refractivity (Wildman–Crippen MR) is 63.5 cm³/mol. The number of carbonyl (C=O) groups is 1. The number of thioether (sulfide) groups is 1. The number of nitrogens with two attached hydrogens (primary N) is 1. The fourth-order valence-electron chi connectivity index (χ4n) is 1.23. The lowest BCUT2D eigenvalue weighted by atomic mass is 9.93. The zero-order valence-corrected chi connectivity index (χ0v) is 10.4. The van der Waals surface area contributed by atoms with E-state index in [1.807, 2.05) is 27.0 Å². The first-order valence-electron chi connectivity index (χ1n) is 5.09. The van der Waals surface area contributed by atoms with Gasteiger partial charge in [-0.2, -0.15) is 11.8 Å². The van der Waals surface area contributed by atoms with Crippen LogP contribution in [0.4, 0.5) is 0 Å². The lowest BCUT2D eigenvalue weighted by molar-refractivity contribution is -0.127. The SMILES string of the molecule is CCC(N)(CC)C(=O)NC(C)CSC. The van der Waals surface area contributed by atoms with Crippen LogP contribution in [0.15, 0.2) is 0 Å². The van der Waals surface area contributed by atoms with Crippen molar-refractivity contribution < 1.29 is 4.79 Å². The van der Waals surface area contributed by atoms with Gasteiger partial charge in [0.05, 0.1) is 5.54 Å². The van der Waals surface area contributed by atoms with Gasteiger partial charge in [-0.05, 0) is 26.0 Å². The van der Waals surface area contributed by atoms with Gasteiger partial charge in [0, 0.05) is 11.8 Å². The fraction of sp³-hybridized carbons (Fsp3) is 0.900. The molecule has 0 bridgehead atoms. The molecule has 3 N–H and O–H groups in total. The fourth-order valence-corrected chi connectivity index (χ4v) is 1.81. The monoisotopic (exact) mass is 218 g/mol. The maximum absolute atomic E-state index is 11.8. The molecule has 3 nitrogen and oxygen atoms in total. The molecule has 0 saturated heterocycles. The van der Waals surface area contributed by atoms with Crippen LogP contribution < -0.4 is 11.1 Å². The molecule has 0 aromatic carbocycles. The molecule has 0 rings (SSSR count). The van der Waals surface area contributed by atoms with Crippen molar-refractivity contribution >= 4 is 17.7 Å². The number of carbonyl (C=O) groups excluding carboxylic acids is 1. The van der Waals surface area contributed by atoms with Crippen LogP contribution >= 0.6 is 11.8 Å². The standard InChI is InChI=1S/C10H22N2OS/c1-5-10(11,6-2)9(13)12-8(3)7-14-4/h8H,5-7,11H2,1-4H3,(H,12,13). The van der Waals surface area contributed by atoms with Crippen LogP contribution in [-0.2, 0) is 4.79 Å². The van der Waals surface area contributed by atoms with Crippen LogP contribution in [0.1, 0.15) is 33.6 Å². The minimum absolute atomic E-state index is 0.0240. The Hall–Kier alpha value is -0.220. The van der Waals surface area contributed by atoms with Crippen molar-refractivity contribution in [2.24, 2.45) is 5.73 Å². The Morgan fingerprint density at radius 3 is 2.36 bits per heavy atom. The lowest BCUT2D eigenvalue weighted by Crippen LogP contribution is -2.55. The molecule has 4 heteroatoms. The van der Waals surface area contributed by atoms with Crippen molar-refractivity contribution in [3.05, 3.63) is 0 Å². The largest absolute Gasteiger partial charge is 0.351 e. The lowest BCUT2D eigenvalue weighted by Gasteiger charge is -2.27. The molecule has 84 valence electrons. The van der Waals surface area contributed by atoms with E-state index < -0.39 is 5.54 Å². The highest BCUT2D eigenvalue weighted by Crippen LogP contribution is 2.11. The van der Waals surface area contributed by atoms with E-state index in [0.29, 0.717) is 12.8 Å². The molecule has 14 heavy (non-hydrogen) atoms. The molecule has 0 aliphatic rings. The second kappa shape index (κ2) is 6.30. The van der Waals surface area contributed by atoms with E-state index in [1.165, 1.54) is 0 Å². The summed E-state index contributed by atoms with van der Waals surface area (Å²) in [4.78, 5) is 11.8. The molecule has 0 spiro atoms. The van der Waals surface area contributed by atoms with Crippen molar-refractivity contribution in [2.75, 3.05) is 12.0 Å². The molecule has 0 saturated carbocycles. The van der Waals surface area contributed by atoms with Crippen molar-refractivity contribution in [1.82, 2.24) is 5.32 Å². The summed E-state index contributed by atoms with van der Waals surface area (Å²) in [6.07, 6.45) is 3.39. The van der Waals surface area contributed by atoms with Gasteiger partial charge < -0.3 is 11.1 Å². The average Bonchev–Trinajstić information content (AvgIpc) is 2.16. The second-order valence-corrected chi connectivity index (χ2v) is 4.60. The summed E-state index contributed by atoms with van der Waals surface area (Å²) in [5, 5.41) is 2.94. The first-order valence-corrected chi connectivity index (χ1v) is 6.48. The average molecular weight is 218 g/mol. The molecule has 0 aromatic rings. The molecular formula is C10H22N2OS. The van der Waals surface area contributed by atoms with Crippen molar-refractivity contribution in [1.29, 1.82) is 0 Å². The van der Waals surface area contributed by atoms with Gasteiger partial charge in [0.2, 0.25) is 5.91 Å². The number of hydrogen-bond donors (Lipinski definition) is 2. The van der Waals surface area contributed by atoms with Gasteiger partial charge in [-0.15, -0.1) is 0 Å². The summed E-state index contributed by atoms with van der Waals surface area (Å²) in [6, 6.07) is 0.193. The molecule has 0 aliphatic heterocycles. The molecule has 1 amide bonds. The maximum atomic E-state index is 11.8. The smallest absolute Gasteiger partial charge is 0.240 e. The third-order valence-electron chi connectivity index (χ3n) is 2.51. The molecule has 0 aromatic heterocycles. The number of nitrogens with one attached hydrogen (secondary N) is 1. The Labute approximate surface area is 91.2 Å². The highest BCUT2D eigenvalue weighted by atomic mass is 32.2. The van der Waals surface area contributed by atoms with E-state index >= 15 is 0 Å². The van der Waals surface area contributed by atoms with Crippen LogP contribution in [0, 0.1) is 0 Å². The summed E-state index contributed by atoms with van der Waals surface area (Å²) >= 11 is 1.72. The van der Waals surface area contributed by atoms with E-state index in [9.17, 15) is 4.79 Å². The van der Waals surface area contributed by atoms with E-state index in [2.05, 4.69) is 5.32 Å². The van der Waals surface area contributed by atoms with E-state index in [4.69, 9.17) is 5.73 Å². The highest BCUT2D eigenvalue weighted by Gasteiger charge is 2.30. The Bertz CT molecular complexity index is 181. The number of hydrogen-bond acceptors (Lipinski definition) is 3. The molecule has 0 heterocycles. The second-order valence-electron chi connectivity index (χ2n) is 3.69. The first-order chi connectivity index (χ1) is 6.50. The van der Waals surface area contributed by atoms with Gasteiger partial charge in [-0.1, -0.05) is 13.8 Å². The summed E-state index contributed by atoms with van der Waals surface area (Å²) in [5.41, 5.74) is 5.28. The van der Waals surface area contributed by atoms with Gasteiger partial charge in [-0.25, -0.2) is 0 Å². The molecule has 0 fully saturated rings. The van der Waals surface area contributed by atoms with Crippen LogP contribution in [0.2, 0.25) is 0 Å². The minimum Gasteiger partial charge on any atom is -0.351 e. The van der Waals surface area contributed by atoms with Crippen LogP contribution in [0.5, 0.6) is 0 Å². The molecule has 1 atom stereocenters. The quantitative estimate of drug-likeness (QED) is 0.708. The van der Waals surface area contributed by atoms with Gasteiger partial charge in [0.1, 0.15) is 0 Å². The van der Waals surface area contributed by atoms with Gasteiger partial charge >= 0.3 is 0 Å². The molecule has 0 aliphatic carbocycles. The Morgan fingerprint density at radius 1 is 1.50 bits per heavy atom. The summed E-state index contributed by atoms with van der Waals surface area (Å²) in [6.45, 7) is 5.89. The third kappa shape index (κ3) is 3.88. The summed E-state index contributed by atoms with van der Waals surface area (Å²) in [5.74, 6) is 0.902. The number of rotatable bonds is 6. The van der Waals surface area contributed by atoms with Gasteiger partial charge in [0.25, 0.3) is 0 Å². The molecule has 0 radical (unpaired) electrons. The number of amides is 1. The van der Waals surface area contributed by atoms with E-state index in [-0.39, 0.29) is 11.9 Å². The zero-order valence-electron chi connectivity index (χ0n) is 9.59. The summed E-state index contributed by atoms with van der Waals surface area (Å²) in [7, 11) is 0. The minimum atomic E-state index is -0.688. The van der Waals surface area contributed by atoms with Crippen LogP contribution in [0.25, 0.3) is 0 Å². The maximum Gasteiger partial charge on any atom is 0.240 e. The Kier molecular flexibility index (Phi) is 6.20. The van der Waals surface area contributed by atoms with E-state index in [0.717, 1.165) is 5.75 Å². The normalized spacial score (nSPS) is 13.8. The van der Waals surface area contributed by atoms with Crippen molar-refractivity contribution in [3.8, 4) is 0 Å². The van der Waals surface area contributed by atoms with Crippen molar-refractivity contribution in [3.63, 3.8) is 0 Å². The molecular weight excluding hydrogens is 196 g/mol. The first kappa shape index (κ1) is 13.8. The zero-order chi connectivity index (χ0) is 11.2. The summed E-state index contributed by atoms with van der Waals surface area (Å²) < 4.78 is 0. The molecule has 1 unspecified atom stereocenters. The Morgan fingerprint density at radius 2 is 2.00 bits per heavy atom. The topological polar surface area (TPSA) is 55.1 Å². The Balaban J connectivity index is 4.18. The third-order valence-corrected chi connectivity index (χ3v) is 3.34. The van der Waals surface area contributed by atoms with Gasteiger partial charge in [0.15, 0.2) is 0 Å². The van der Waals surface area contributed by atoms with Crippen molar-refractivity contribution in [2.45, 2.75) is 45.2 Å². The van der Waals surface area contributed by atoms with Crippen LogP contribution in [0.3, 0.4) is 0 Å². The van der Waals surface area contributed by atoms with E-state index in [1.54, 1.807) is 11.8 Å². The predicted octanol–water partition coefficient (Wildman–Crippen LogP) is 1.37. The highest BCUT2D eigenvalue weighted by molar-refractivity contribution is 7.98. The van der Waals surface area contributed by atoms with Crippen LogP contribution in [-0.4, -0.2) is 29.5 Å². The van der Waals surface area contributed by atoms with Gasteiger partial charge in [-0.3, -0.25) is 4.79 Å².